The van der Waals surface area contributed by atoms with Crippen molar-refractivity contribution in [2.75, 3.05) is 0 Å². The van der Waals surface area contributed by atoms with Gasteiger partial charge < -0.3 is 10.4 Å². The average molecular weight is 267 g/mol. The van der Waals surface area contributed by atoms with E-state index < -0.39 is 6.10 Å². The van der Waals surface area contributed by atoms with E-state index in [0.717, 1.165) is 10.5 Å². The van der Waals surface area contributed by atoms with Crippen LogP contribution in [0.1, 0.15) is 39.4 Å². The predicted molar refractivity (Wildman–Crippen MR) is 75.7 cm³/mol. The van der Waals surface area contributed by atoms with Crippen LogP contribution in [0, 0.1) is 0 Å². The standard InChI is InChI=1S/C14H21NO2S/c1-9(2)15-14(17)11(4)18-13-7-5-6-12(8-13)10(3)16/h5-11,16H,1-4H3,(H,15,17). The van der Waals surface area contributed by atoms with E-state index in [9.17, 15) is 9.90 Å². The lowest BCUT2D eigenvalue weighted by Crippen LogP contribution is -2.35. The van der Waals surface area contributed by atoms with Gasteiger partial charge in [-0.25, -0.2) is 0 Å². The van der Waals surface area contributed by atoms with E-state index in [2.05, 4.69) is 5.32 Å². The monoisotopic (exact) mass is 267 g/mol. The molecule has 4 heteroatoms. The second-order valence-corrected chi connectivity index (χ2v) is 6.09. The third-order valence-corrected chi connectivity index (χ3v) is 3.55. The summed E-state index contributed by atoms with van der Waals surface area (Å²) in [6, 6.07) is 7.82. The van der Waals surface area contributed by atoms with Crippen LogP contribution in [0.2, 0.25) is 0 Å². The zero-order valence-electron chi connectivity index (χ0n) is 11.3. The van der Waals surface area contributed by atoms with Gasteiger partial charge in [-0.05, 0) is 45.4 Å². The SMILES string of the molecule is CC(C)NC(=O)C(C)Sc1cccc(C(C)O)c1. The molecule has 0 saturated heterocycles. The zero-order chi connectivity index (χ0) is 13.7. The van der Waals surface area contributed by atoms with Gasteiger partial charge in [0.25, 0.3) is 0 Å². The lowest BCUT2D eigenvalue weighted by Gasteiger charge is -2.15. The maximum Gasteiger partial charge on any atom is 0.233 e. The normalized spacial score (nSPS) is 14.3. The molecule has 18 heavy (non-hydrogen) atoms. The fraction of sp³-hybridized carbons (Fsp3) is 0.500. The third kappa shape index (κ3) is 4.70. The van der Waals surface area contributed by atoms with E-state index in [-0.39, 0.29) is 17.2 Å². The Labute approximate surface area is 113 Å². The fourth-order valence-corrected chi connectivity index (χ4v) is 2.45. The molecule has 1 aromatic rings. The second kappa shape index (κ2) is 6.81. The number of carbonyl (C=O) groups is 1. The number of nitrogens with one attached hydrogen (secondary N) is 1. The van der Waals surface area contributed by atoms with E-state index in [0.29, 0.717) is 0 Å². The topological polar surface area (TPSA) is 49.3 Å². The van der Waals surface area contributed by atoms with E-state index in [4.69, 9.17) is 0 Å². The Morgan fingerprint density at radius 1 is 1.28 bits per heavy atom. The van der Waals surface area contributed by atoms with E-state index in [1.54, 1.807) is 6.92 Å². The van der Waals surface area contributed by atoms with Gasteiger partial charge in [-0.1, -0.05) is 12.1 Å². The van der Waals surface area contributed by atoms with Gasteiger partial charge >= 0.3 is 0 Å². The number of carbonyl (C=O) groups excluding carboxylic acids is 1. The molecular weight excluding hydrogens is 246 g/mol. The minimum absolute atomic E-state index is 0.0393. The molecule has 3 nitrogen and oxygen atoms in total. The first-order valence-corrected chi connectivity index (χ1v) is 7.03. The Hall–Kier alpha value is -1.00. The molecule has 0 saturated carbocycles. The van der Waals surface area contributed by atoms with Crippen molar-refractivity contribution in [3.63, 3.8) is 0 Å². The lowest BCUT2D eigenvalue weighted by atomic mass is 10.1. The molecular formula is C14H21NO2S. The van der Waals surface area contributed by atoms with Crippen molar-refractivity contribution < 1.29 is 9.90 Å². The summed E-state index contributed by atoms with van der Waals surface area (Å²) in [5, 5.41) is 12.3. The first kappa shape index (κ1) is 15.1. The molecule has 2 unspecified atom stereocenters. The van der Waals surface area contributed by atoms with Crippen LogP contribution in [-0.4, -0.2) is 22.3 Å². The van der Waals surface area contributed by atoms with Crippen molar-refractivity contribution in [2.24, 2.45) is 0 Å². The van der Waals surface area contributed by atoms with Crippen LogP contribution in [0.25, 0.3) is 0 Å². The number of thioether (sulfide) groups is 1. The second-order valence-electron chi connectivity index (χ2n) is 4.67. The van der Waals surface area contributed by atoms with Crippen LogP contribution in [0.15, 0.2) is 29.2 Å². The number of rotatable bonds is 5. The molecule has 1 rings (SSSR count). The minimum atomic E-state index is -0.481. The van der Waals surface area contributed by atoms with Gasteiger partial charge in [-0.3, -0.25) is 4.79 Å². The smallest absolute Gasteiger partial charge is 0.233 e. The molecule has 0 radical (unpaired) electrons. The van der Waals surface area contributed by atoms with Crippen molar-refractivity contribution in [1.82, 2.24) is 5.32 Å². The number of aliphatic hydroxyl groups is 1. The summed E-state index contributed by atoms with van der Waals surface area (Å²) in [6.45, 7) is 7.52. The highest BCUT2D eigenvalue weighted by atomic mass is 32.2. The molecule has 0 fully saturated rings. The Bertz CT molecular complexity index is 405. The summed E-state index contributed by atoms with van der Waals surface area (Å²) in [4.78, 5) is 12.8. The number of aliphatic hydroxyl groups excluding tert-OH is 1. The number of hydrogen-bond donors (Lipinski definition) is 2. The summed E-state index contributed by atoms with van der Waals surface area (Å²) in [6.07, 6.45) is -0.481. The van der Waals surface area contributed by atoms with Crippen LogP contribution >= 0.6 is 11.8 Å². The van der Waals surface area contributed by atoms with Crippen molar-refractivity contribution >= 4 is 17.7 Å². The molecule has 1 aromatic carbocycles. The fourth-order valence-electron chi connectivity index (χ4n) is 1.51. The third-order valence-electron chi connectivity index (χ3n) is 2.45. The predicted octanol–water partition coefficient (Wildman–Crippen LogP) is 2.75. The van der Waals surface area contributed by atoms with Crippen molar-refractivity contribution in [2.45, 2.75) is 50.0 Å². The summed E-state index contributed by atoms with van der Waals surface area (Å²) in [7, 11) is 0. The van der Waals surface area contributed by atoms with Gasteiger partial charge in [0.2, 0.25) is 5.91 Å². The summed E-state index contributed by atoms with van der Waals surface area (Å²) in [5.74, 6) is 0.0393. The van der Waals surface area contributed by atoms with Crippen LogP contribution in [-0.2, 0) is 4.79 Å². The molecule has 0 spiro atoms. The Balaban J connectivity index is 2.66. The van der Waals surface area contributed by atoms with Gasteiger partial charge in [0, 0.05) is 10.9 Å². The Morgan fingerprint density at radius 2 is 1.94 bits per heavy atom. The van der Waals surface area contributed by atoms with Gasteiger partial charge in [0.05, 0.1) is 11.4 Å². The summed E-state index contributed by atoms with van der Waals surface area (Å²) in [5.41, 5.74) is 0.872. The first-order valence-electron chi connectivity index (χ1n) is 6.15. The van der Waals surface area contributed by atoms with Gasteiger partial charge in [-0.15, -0.1) is 11.8 Å². The van der Waals surface area contributed by atoms with Gasteiger partial charge in [-0.2, -0.15) is 0 Å². The molecule has 0 aliphatic rings. The molecule has 2 N–H and O–H groups in total. The number of hydrogen-bond acceptors (Lipinski definition) is 3. The largest absolute Gasteiger partial charge is 0.389 e. The number of amides is 1. The lowest BCUT2D eigenvalue weighted by molar-refractivity contribution is -0.120. The molecule has 100 valence electrons. The molecule has 0 aliphatic carbocycles. The molecule has 0 aliphatic heterocycles. The maximum absolute atomic E-state index is 11.8. The van der Waals surface area contributed by atoms with Crippen LogP contribution < -0.4 is 5.32 Å². The molecule has 1 amide bonds. The minimum Gasteiger partial charge on any atom is -0.389 e. The Kier molecular flexibility index (Phi) is 5.69. The highest BCUT2D eigenvalue weighted by Gasteiger charge is 2.15. The zero-order valence-corrected chi connectivity index (χ0v) is 12.1. The van der Waals surface area contributed by atoms with E-state index >= 15 is 0 Å². The van der Waals surface area contributed by atoms with Gasteiger partial charge in [0.15, 0.2) is 0 Å². The first-order chi connectivity index (χ1) is 8.40. The highest BCUT2D eigenvalue weighted by molar-refractivity contribution is 8.00. The van der Waals surface area contributed by atoms with E-state index in [1.165, 1.54) is 11.8 Å². The molecule has 2 atom stereocenters. The molecule has 0 aromatic heterocycles. The van der Waals surface area contributed by atoms with E-state index in [1.807, 2.05) is 45.0 Å². The van der Waals surface area contributed by atoms with Gasteiger partial charge in [0.1, 0.15) is 0 Å². The van der Waals surface area contributed by atoms with Crippen molar-refractivity contribution in [3.05, 3.63) is 29.8 Å². The van der Waals surface area contributed by atoms with Crippen molar-refractivity contribution in [3.8, 4) is 0 Å². The number of benzene rings is 1. The quantitative estimate of drug-likeness (QED) is 0.807. The van der Waals surface area contributed by atoms with Crippen LogP contribution in [0.4, 0.5) is 0 Å². The van der Waals surface area contributed by atoms with Crippen LogP contribution in [0.3, 0.4) is 0 Å². The van der Waals surface area contributed by atoms with Crippen molar-refractivity contribution in [1.29, 1.82) is 0 Å². The summed E-state index contributed by atoms with van der Waals surface area (Å²) >= 11 is 1.50. The molecule has 0 bridgehead atoms. The Morgan fingerprint density at radius 3 is 2.50 bits per heavy atom. The molecule has 0 heterocycles. The highest BCUT2D eigenvalue weighted by Crippen LogP contribution is 2.26. The maximum atomic E-state index is 11.8. The average Bonchev–Trinajstić information content (AvgIpc) is 2.28. The summed E-state index contributed by atoms with van der Waals surface area (Å²) < 4.78 is 0. The van der Waals surface area contributed by atoms with Crippen LogP contribution in [0.5, 0.6) is 0 Å².